The van der Waals surface area contributed by atoms with Gasteiger partial charge in [0.05, 0.1) is 17.9 Å². The van der Waals surface area contributed by atoms with Gasteiger partial charge in [0.2, 0.25) is 10.0 Å². The molecule has 0 N–H and O–H groups in total. The lowest BCUT2D eigenvalue weighted by atomic mass is 10.4. The second-order valence-electron chi connectivity index (χ2n) is 5.13. The van der Waals surface area contributed by atoms with Crippen molar-refractivity contribution < 1.29 is 8.42 Å². The molecule has 2 aromatic rings. The highest BCUT2D eigenvalue weighted by Gasteiger charge is 2.29. The molecule has 0 radical (unpaired) electrons. The van der Waals surface area contributed by atoms with E-state index < -0.39 is 10.0 Å². The molecular formula is C14H22N4O2S2. The molecule has 0 unspecified atom stereocenters. The quantitative estimate of drug-likeness (QED) is 0.808. The number of aromatic nitrogens is 3. The van der Waals surface area contributed by atoms with Crippen molar-refractivity contribution in [3.05, 3.63) is 27.5 Å². The van der Waals surface area contributed by atoms with E-state index in [0.29, 0.717) is 35.9 Å². The second-order valence-corrected chi connectivity index (χ2v) is 7.95. The lowest BCUT2D eigenvalue weighted by molar-refractivity contribution is 0.444. The van der Waals surface area contributed by atoms with E-state index in [1.54, 1.807) is 29.9 Å². The van der Waals surface area contributed by atoms with Crippen LogP contribution in [0.15, 0.2) is 10.3 Å². The Labute approximate surface area is 135 Å². The fourth-order valence-electron chi connectivity index (χ4n) is 2.50. The summed E-state index contributed by atoms with van der Waals surface area (Å²) >= 11 is 1.56. The van der Waals surface area contributed by atoms with Gasteiger partial charge >= 0.3 is 0 Å². The molecule has 122 valence electrons. The molecule has 0 saturated carbocycles. The van der Waals surface area contributed by atoms with Crippen molar-refractivity contribution >= 4 is 21.4 Å². The van der Waals surface area contributed by atoms with Crippen LogP contribution in [0.1, 0.15) is 35.9 Å². The van der Waals surface area contributed by atoms with E-state index in [-0.39, 0.29) is 0 Å². The summed E-state index contributed by atoms with van der Waals surface area (Å²) in [6.45, 7) is 10.6. The van der Waals surface area contributed by atoms with Gasteiger partial charge in [0.15, 0.2) is 0 Å². The fourth-order valence-corrected chi connectivity index (χ4v) is 5.09. The smallest absolute Gasteiger partial charge is 0.246 e. The highest BCUT2D eigenvalue weighted by Crippen LogP contribution is 2.24. The van der Waals surface area contributed by atoms with Gasteiger partial charge in [0.25, 0.3) is 0 Å². The number of rotatable bonds is 6. The van der Waals surface area contributed by atoms with Crippen molar-refractivity contribution in [3.8, 4) is 0 Å². The van der Waals surface area contributed by atoms with Gasteiger partial charge in [-0.25, -0.2) is 13.4 Å². The Balaban J connectivity index is 2.43. The van der Waals surface area contributed by atoms with E-state index in [2.05, 4.69) is 10.1 Å². The zero-order valence-electron chi connectivity index (χ0n) is 13.6. The summed E-state index contributed by atoms with van der Waals surface area (Å²) in [7, 11) is -3.50. The average Bonchev–Trinajstić information content (AvgIpc) is 2.95. The molecule has 0 atom stereocenters. The molecule has 2 aromatic heterocycles. The van der Waals surface area contributed by atoms with E-state index in [4.69, 9.17) is 0 Å². The van der Waals surface area contributed by atoms with Gasteiger partial charge in [-0.3, -0.25) is 4.68 Å². The highest BCUT2D eigenvalue weighted by molar-refractivity contribution is 7.89. The van der Waals surface area contributed by atoms with Gasteiger partial charge < -0.3 is 0 Å². The molecule has 2 rings (SSSR count). The van der Waals surface area contributed by atoms with E-state index in [9.17, 15) is 8.42 Å². The van der Waals surface area contributed by atoms with Crippen molar-refractivity contribution in [2.45, 2.75) is 46.1 Å². The molecule has 0 saturated heterocycles. The minimum Gasteiger partial charge on any atom is -0.261 e. The van der Waals surface area contributed by atoms with Crippen LogP contribution in [0.3, 0.4) is 0 Å². The maximum Gasteiger partial charge on any atom is 0.246 e. The zero-order chi connectivity index (χ0) is 16.5. The van der Waals surface area contributed by atoms with Crippen molar-refractivity contribution in [1.29, 1.82) is 0 Å². The van der Waals surface area contributed by atoms with E-state index >= 15 is 0 Å². The van der Waals surface area contributed by atoms with Crippen LogP contribution in [0.4, 0.5) is 0 Å². The Morgan fingerprint density at radius 2 is 1.86 bits per heavy atom. The summed E-state index contributed by atoms with van der Waals surface area (Å²) < 4.78 is 28.7. The van der Waals surface area contributed by atoms with Crippen LogP contribution in [0.2, 0.25) is 0 Å². The van der Waals surface area contributed by atoms with Crippen molar-refractivity contribution in [2.75, 3.05) is 13.1 Å². The van der Waals surface area contributed by atoms with Crippen LogP contribution in [0.25, 0.3) is 0 Å². The van der Waals surface area contributed by atoms with Crippen molar-refractivity contribution in [2.24, 2.45) is 0 Å². The first-order chi connectivity index (χ1) is 10.3. The predicted molar refractivity (Wildman–Crippen MR) is 87.8 cm³/mol. The zero-order valence-corrected chi connectivity index (χ0v) is 15.3. The number of thiazole rings is 1. The Morgan fingerprint density at radius 3 is 2.36 bits per heavy atom. The summed E-state index contributed by atoms with van der Waals surface area (Å²) in [5.41, 5.74) is 2.17. The van der Waals surface area contributed by atoms with E-state index in [1.165, 1.54) is 4.31 Å². The first kappa shape index (κ1) is 17.1. The molecule has 0 aliphatic heterocycles. The first-order valence-corrected chi connectivity index (χ1v) is 9.58. The molecule has 0 aliphatic rings. The minimum absolute atomic E-state index is 0.324. The third-order valence-electron chi connectivity index (χ3n) is 3.57. The lowest BCUT2D eigenvalue weighted by Crippen LogP contribution is -2.31. The Hall–Kier alpha value is -1.25. The lowest BCUT2D eigenvalue weighted by Gasteiger charge is -2.18. The van der Waals surface area contributed by atoms with Crippen LogP contribution in [-0.2, 0) is 16.6 Å². The number of nitrogens with zero attached hydrogens (tertiary/aromatic N) is 4. The summed E-state index contributed by atoms with van der Waals surface area (Å²) in [4.78, 5) is 4.74. The largest absolute Gasteiger partial charge is 0.261 e. The molecule has 0 fully saturated rings. The number of sulfonamides is 1. The second kappa shape index (κ2) is 6.47. The molecule has 0 spiro atoms. The van der Waals surface area contributed by atoms with Gasteiger partial charge in [-0.05, 0) is 20.8 Å². The van der Waals surface area contributed by atoms with Crippen LogP contribution in [-0.4, -0.2) is 40.6 Å². The Kier molecular flexibility index (Phi) is 5.03. The van der Waals surface area contributed by atoms with Crippen molar-refractivity contribution in [3.63, 3.8) is 0 Å². The van der Waals surface area contributed by atoms with Crippen LogP contribution < -0.4 is 0 Å². The van der Waals surface area contributed by atoms with Gasteiger partial charge in [0, 0.05) is 24.2 Å². The molecular weight excluding hydrogens is 320 g/mol. The standard InChI is InChI=1S/C14H22N4O2S2/c1-6-17(7-2)22(19,20)14-11(4)16-18(12(14)5)8-13-15-10(3)9-21-13/h9H,6-8H2,1-5H3. The molecule has 0 bridgehead atoms. The monoisotopic (exact) mass is 342 g/mol. The molecule has 0 amide bonds. The molecule has 0 aromatic carbocycles. The fraction of sp³-hybridized carbons (Fsp3) is 0.571. The SMILES string of the molecule is CCN(CC)S(=O)(=O)c1c(C)nn(Cc2nc(C)cs2)c1C. The Morgan fingerprint density at radius 1 is 1.23 bits per heavy atom. The maximum absolute atomic E-state index is 12.8. The third kappa shape index (κ3) is 3.09. The average molecular weight is 342 g/mol. The molecule has 22 heavy (non-hydrogen) atoms. The summed E-state index contributed by atoms with van der Waals surface area (Å²) in [6.07, 6.45) is 0. The Bertz CT molecular complexity index is 758. The molecule has 6 nitrogen and oxygen atoms in total. The maximum atomic E-state index is 12.8. The van der Waals surface area contributed by atoms with Crippen molar-refractivity contribution in [1.82, 2.24) is 19.1 Å². The third-order valence-corrected chi connectivity index (χ3v) is 6.82. The predicted octanol–water partition coefficient (Wildman–Crippen LogP) is 2.34. The van der Waals surface area contributed by atoms with Gasteiger partial charge in [-0.2, -0.15) is 9.40 Å². The molecule has 2 heterocycles. The van der Waals surface area contributed by atoms with Crippen LogP contribution in [0.5, 0.6) is 0 Å². The molecule has 8 heteroatoms. The minimum atomic E-state index is -3.50. The number of hydrogen-bond acceptors (Lipinski definition) is 5. The highest BCUT2D eigenvalue weighted by atomic mass is 32.2. The number of aryl methyl sites for hydroxylation is 2. The topological polar surface area (TPSA) is 68.1 Å². The van der Waals surface area contributed by atoms with Gasteiger partial charge in [-0.1, -0.05) is 13.8 Å². The first-order valence-electron chi connectivity index (χ1n) is 7.26. The van der Waals surface area contributed by atoms with E-state index in [0.717, 1.165) is 10.7 Å². The normalized spacial score (nSPS) is 12.3. The van der Waals surface area contributed by atoms with Gasteiger partial charge in [0.1, 0.15) is 9.90 Å². The summed E-state index contributed by atoms with van der Waals surface area (Å²) in [6, 6.07) is 0. The van der Waals surface area contributed by atoms with E-state index in [1.807, 2.05) is 26.2 Å². The summed E-state index contributed by atoms with van der Waals surface area (Å²) in [5, 5.41) is 7.32. The van der Waals surface area contributed by atoms with Gasteiger partial charge in [-0.15, -0.1) is 11.3 Å². The van der Waals surface area contributed by atoms with Crippen LogP contribution in [0, 0.1) is 20.8 Å². The molecule has 0 aliphatic carbocycles. The summed E-state index contributed by atoms with van der Waals surface area (Å²) in [5.74, 6) is 0. The number of hydrogen-bond donors (Lipinski definition) is 0. The van der Waals surface area contributed by atoms with Crippen LogP contribution >= 0.6 is 11.3 Å².